The monoisotopic (exact) mass is 368 g/mol. The molecule has 2 aromatic heterocycles. The topological polar surface area (TPSA) is 85.6 Å². The summed E-state index contributed by atoms with van der Waals surface area (Å²) in [6.45, 7) is 7.30. The number of aromatic amines is 1. The van der Waals surface area contributed by atoms with Crippen molar-refractivity contribution in [1.29, 1.82) is 0 Å². The highest BCUT2D eigenvalue weighted by Crippen LogP contribution is 2.23. The smallest absolute Gasteiger partial charge is 0.191 e. The van der Waals surface area contributed by atoms with E-state index < -0.39 is 5.60 Å². The molecule has 6 nitrogen and oxygen atoms in total. The maximum absolute atomic E-state index is 10.6. The predicted molar refractivity (Wildman–Crippen MR) is 109 cm³/mol. The molecule has 0 bridgehead atoms. The van der Waals surface area contributed by atoms with Crippen LogP contribution in [0.25, 0.3) is 10.9 Å². The minimum Gasteiger partial charge on any atom is -0.463 e. The van der Waals surface area contributed by atoms with Crippen LogP contribution in [0.2, 0.25) is 0 Å². The summed E-state index contributed by atoms with van der Waals surface area (Å²) in [6, 6.07) is 11.9. The first kappa shape index (κ1) is 19.0. The van der Waals surface area contributed by atoms with E-state index in [4.69, 9.17) is 4.42 Å². The first-order chi connectivity index (χ1) is 13.0. The zero-order valence-corrected chi connectivity index (χ0v) is 16.2. The Labute approximate surface area is 159 Å². The molecule has 144 valence electrons. The van der Waals surface area contributed by atoms with E-state index >= 15 is 0 Å². The van der Waals surface area contributed by atoms with Crippen LogP contribution in [-0.4, -0.2) is 35.7 Å². The highest BCUT2D eigenvalue weighted by Gasteiger charge is 2.26. The van der Waals surface area contributed by atoms with Crippen molar-refractivity contribution >= 4 is 16.9 Å². The Morgan fingerprint density at radius 1 is 1.22 bits per heavy atom. The molecule has 0 aliphatic heterocycles. The number of rotatable bonds is 7. The first-order valence-corrected chi connectivity index (χ1v) is 9.36. The van der Waals surface area contributed by atoms with E-state index in [9.17, 15) is 5.11 Å². The molecule has 4 N–H and O–H groups in total. The van der Waals surface area contributed by atoms with Crippen LogP contribution in [0, 0.1) is 6.92 Å². The summed E-state index contributed by atoms with van der Waals surface area (Å²) in [4.78, 5) is 7.83. The summed E-state index contributed by atoms with van der Waals surface area (Å²) in [5.74, 6) is 1.98. The van der Waals surface area contributed by atoms with E-state index in [-0.39, 0.29) is 6.54 Å². The van der Waals surface area contributed by atoms with Crippen LogP contribution in [-0.2, 0) is 12.0 Å². The fraction of sp³-hybridized carbons (Fsp3) is 0.381. The summed E-state index contributed by atoms with van der Waals surface area (Å²) < 4.78 is 5.55. The van der Waals surface area contributed by atoms with Gasteiger partial charge in [0.15, 0.2) is 5.96 Å². The lowest BCUT2D eigenvalue weighted by molar-refractivity contribution is 0.0428. The van der Waals surface area contributed by atoms with Gasteiger partial charge < -0.3 is 25.1 Å². The van der Waals surface area contributed by atoms with Crippen molar-refractivity contribution in [2.24, 2.45) is 4.99 Å². The van der Waals surface area contributed by atoms with Gasteiger partial charge in [-0.3, -0.25) is 0 Å². The molecule has 0 spiro atoms. The average Bonchev–Trinajstić information content (AvgIpc) is 3.27. The van der Waals surface area contributed by atoms with Crippen molar-refractivity contribution in [2.45, 2.75) is 32.8 Å². The number of nitrogens with zero attached hydrogens (tertiary/aromatic N) is 1. The van der Waals surface area contributed by atoms with Crippen LogP contribution in [0.15, 0.2) is 52.0 Å². The van der Waals surface area contributed by atoms with Gasteiger partial charge in [0.2, 0.25) is 0 Å². The molecule has 0 aliphatic carbocycles. The predicted octanol–water partition coefficient (Wildman–Crippen LogP) is 3.07. The second-order valence-electron chi connectivity index (χ2n) is 6.92. The Hall–Kier alpha value is -2.73. The van der Waals surface area contributed by atoms with Gasteiger partial charge in [0.25, 0.3) is 0 Å². The van der Waals surface area contributed by atoms with Gasteiger partial charge in [-0.25, -0.2) is 4.99 Å². The fourth-order valence-corrected chi connectivity index (χ4v) is 3.03. The number of nitrogens with one attached hydrogen (secondary N) is 3. The number of para-hydroxylation sites is 1. The van der Waals surface area contributed by atoms with Crippen LogP contribution in [0.3, 0.4) is 0 Å². The number of hydrogen-bond acceptors (Lipinski definition) is 3. The van der Waals surface area contributed by atoms with Gasteiger partial charge >= 0.3 is 0 Å². The van der Waals surface area contributed by atoms with Crippen LogP contribution in [0.5, 0.6) is 0 Å². The third kappa shape index (κ3) is 4.71. The third-order valence-corrected chi connectivity index (χ3v) is 4.52. The molecule has 0 amide bonds. The standard InChI is InChI=1S/C21H28N4O2/c1-4-22-20(25-14-21(3,26)19-10-9-15(2)27-19)23-12-11-16-13-24-18-8-6-5-7-17(16)18/h5-10,13,24,26H,4,11-12,14H2,1-3H3,(H2,22,23,25). The Morgan fingerprint density at radius 2 is 2.04 bits per heavy atom. The number of benzene rings is 1. The third-order valence-electron chi connectivity index (χ3n) is 4.52. The van der Waals surface area contributed by atoms with E-state index in [1.807, 2.05) is 26.0 Å². The average molecular weight is 368 g/mol. The number of aryl methyl sites for hydroxylation is 1. The van der Waals surface area contributed by atoms with Crippen molar-refractivity contribution in [3.05, 3.63) is 59.7 Å². The molecule has 27 heavy (non-hydrogen) atoms. The second-order valence-corrected chi connectivity index (χ2v) is 6.92. The van der Waals surface area contributed by atoms with Crippen molar-refractivity contribution in [1.82, 2.24) is 15.6 Å². The summed E-state index contributed by atoms with van der Waals surface area (Å²) in [5.41, 5.74) is 1.28. The number of furan rings is 1. The molecular weight excluding hydrogens is 340 g/mol. The number of H-pyrrole nitrogens is 1. The Bertz CT molecular complexity index is 908. The highest BCUT2D eigenvalue weighted by atomic mass is 16.4. The molecule has 1 atom stereocenters. The fourth-order valence-electron chi connectivity index (χ4n) is 3.03. The largest absolute Gasteiger partial charge is 0.463 e. The molecule has 3 aromatic rings. The Balaban J connectivity index is 1.60. The van der Waals surface area contributed by atoms with Crippen molar-refractivity contribution in [3.8, 4) is 0 Å². The maximum atomic E-state index is 10.6. The summed E-state index contributed by atoms with van der Waals surface area (Å²) in [7, 11) is 0. The molecular formula is C21H28N4O2. The van der Waals surface area contributed by atoms with Crippen molar-refractivity contribution in [3.63, 3.8) is 0 Å². The number of aromatic nitrogens is 1. The number of aliphatic hydroxyl groups is 1. The minimum atomic E-state index is -1.15. The molecule has 0 saturated heterocycles. The zero-order valence-electron chi connectivity index (χ0n) is 16.2. The van der Waals surface area contributed by atoms with E-state index in [1.165, 1.54) is 10.9 Å². The molecule has 0 saturated carbocycles. The van der Waals surface area contributed by atoms with Gasteiger partial charge in [-0.1, -0.05) is 18.2 Å². The number of aliphatic imine (C=N–C) groups is 1. The van der Waals surface area contributed by atoms with Gasteiger partial charge in [0.05, 0.1) is 6.54 Å². The van der Waals surface area contributed by atoms with Gasteiger partial charge in [0.1, 0.15) is 17.1 Å². The molecule has 1 unspecified atom stereocenters. The summed E-state index contributed by atoms with van der Waals surface area (Å²) in [6.07, 6.45) is 2.93. The maximum Gasteiger partial charge on any atom is 0.191 e. The van der Waals surface area contributed by atoms with E-state index in [1.54, 1.807) is 13.0 Å². The first-order valence-electron chi connectivity index (χ1n) is 9.36. The van der Waals surface area contributed by atoms with Gasteiger partial charge in [-0.15, -0.1) is 0 Å². The zero-order chi connectivity index (χ0) is 19.3. The molecule has 2 heterocycles. The molecule has 0 fully saturated rings. The molecule has 0 radical (unpaired) electrons. The number of fused-ring (bicyclic) bond motifs is 1. The van der Waals surface area contributed by atoms with E-state index in [0.717, 1.165) is 30.8 Å². The number of hydrogen-bond donors (Lipinski definition) is 4. The summed E-state index contributed by atoms with van der Waals surface area (Å²) in [5, 5.41) is 18.5. The minimum absolute atomic E-state index is 0.211. The van der Waals surface area contributed by atoms with Gasteiger partial charge in [0, 0.05) is 30.2 Å². The molecule has 1 aromatic carbocycles. The molecule has 0 aliphatic rings. The van der Waals surface area contributed by atoms with Crippen LogP contribution in [0.4, 0.5) is 0 Å². The van der Waals surface area contributed by atoms with Gasteiger partial charge in [-0.05, 0) is 51.0 Å². The van der Waals surface area contributed by atoms with Crippen molar-refractivity contribution < 1.29 is 9.52 Å². The van der Waals surface area contributed by atoms with E-state index in [2.05, 4.69) is 45.0 Å². The Morgan fingerprint density at radius 3 is 2.78 bits per heavy atom. The lowest BCUT2D eigenvalue weighted by Crippen LogP contribution is -2.39. The molecule has 3 rings (SSSR count). The van der Waals surface area contributed by atoms with E-state index in [0.29, 0.717) is 11.7 Å². The van der Waals surface area contributed by atoms with Crippen molar-refractivity contribution in [2.75, 3.05) is 19.6 Å². The lowest BCUT2D eigenvalue weighted by atomic mass is 10.0. The summed E-state index contributed by atoms with van der Waals surface area (Å²) >= 11 is 0. The normalized spacial score (nSPS) is 14.3. The van der Waals surface area contributed by atoms with Crippen LogP contribution in [0.1, 0.15) is 30.9 Å². The lowest BCUT2D eigenvalue weighted by Gasteiger charge is -2.19. The second kappa shape index (κ2) is 8.31. The highest BCUT2D eigenvalue weighted by molar-refractivity contribution is 5.83. The quantitative estimate of drug-likeness (QED) is 0.381. The Kier molecular flexibility index (Phi) is 5.86. The van der Waals surface area contributed by atoms with Gasteiger partial charge in [-0.2, -0.15) is 0 Å². The van der Waals surface area contributed by atoms with Crippen LogP contribution < -0.4 is 10.6 Å². The SMILES string of the molecule is CCNC(=NCC(C)(O)c1ccc(C)o1)NCCc1c[nH]c2ccccc12. The van der Waals surface area contributed by atoms with Crippen LogP contribution >= 0.6 is 0 Å². The molecule has 6 heteroatoms. The number of guanidine groups is 1.